The lowest BCUT2D eigenvalue weighted by atomic mass is 9.97. The van der Waals surface area contributed by atoms with Gasteiger partial charge in [-0.2, -0.15) is 0 Å². The molecule has 62 valence electrons. The van der Waals surface area contributed by atoms with E-state index in [1.54, 1.807) is 0 Å². The Morgan fingerprint density at radius 3 is 3.15 bits per heavy atom. The van der Waals surface area contributed by atoms with Crippen LogP contribution in [-0.4, -0.2) is 4.98 Å². The Morgan fingerprint density at radius 2 is 2.15 bits per heavy atom. The minimum atomic E-state index is 0.967. The van der Waals surface area contributed by atoms with Gasteiger partial charge in [0.05, 0.1) is 5.69 Å². The summed E-state index contributed by atoms with van der Waals surface area (Å²) in [6.45, 7) is 0. The second-order valence-corrected chi connectivity index (χ2v) is 3.31. The van der Waals surface area contributed by atoms with Crippen molar-refractivity contribution < 1.29 is 0 Å². The first kappa shape index (κ1) is 6.84. The van der Waals surface area contributed by atoms with Gasteiger partial charge in [0.1, 0.15) is 0 Å². The third kappa shape index (κ3) is 0.903. The van der Waals surface area contributed by atoms with E-state index in [4.69, 9.17) is 0 Å². The number of aromatic nitrogens is 1. The van der Waals surface area contributed by atoms with Crippen LogP contribution in [0.3, 0.4) is 0 Å². The van der Waals surface area contributed by atoms with Gasteiger partial charge in [0, 0.05) is 18.0 Å². The zero-order valence-electron chi connectivity index (χ0n) is 7.20. The molecule has 1 heterocycles. The average molecular weight is 167 g/mol. The molecule has 0 N–H and O–H groups in total. The van der Waals surface area contributed by atoms with Crippen LogP contribution < -0.4 is 0 Å². The van der Waals surface area contributed by atoms with E-state index in [9.17, 15) is 0 Å². The smallest absolute Gasteiger partial charge is 0.0525 e. The lowest BCUT2D eigenvalue weighted by molar-refractivity contribution is 1.13. The second-order valence-electron chi connectivity index (χ2n) is 3.31. The molecule has 0 saturated carbocycles. The highest BCUT2D eigenvalue weighted by Gasteiger charge is 2.07. The first-order valence-electron chi connectivity index (χ1n) is 4.48. The average Bonchev–Trinajstić information content (AvgIpc) is 2.19. The summed E-state index contributed by atoms with van der Waals surface area (Å²) in [5.41, 5.74) is 2.50. The number of nitrogens with zero attached hydrogens (tertiary/aromatic N) is 1. The van der Waals surface area contributed by atoms with Crippen LogP contribution in [0.2, 0.25) is 0 Å². The fourth-order valence-electron chi connectivity index (χ4n) is 1.92. The highest BCUT2D eigenvalue weighted by Crippen LogP contribution is 2.26. The van der Waals surface area contributed by atoms with E-state index >= 15 is 0 Å². The zero-order chi connectivity index (χ0) is 8.67. The standard InChI is InChI=1S/C12H9N/c1-3-9-5-2-6-11-12(9)10(4-1)7-8-13-11/h1-5,7-8H,6H2. The molecule has 0 bridgehead atoms. The van der Waals surface area contributed by atoms with Crippen molar-refractivity contribution in [2.24, 2.45) is 0 Å². The number of hydrogen-bond acceptors (Lipinski definition) is 1. The van der Waals surface area contributed by atoms with E-state index in [1.165, 1.54) is 22.0 Å². The molecule has 0 atom stereocenters. The Morgan fingerprint density at radius 1 is 1.15 bits per heavy atom. The summed E-state index contributed by atoms with van der Waals surface area (Å²) in [6.07, 6.45) is 7.20. The Hall–Kier alpha value is -1.63. The van der Waals surface area contributed by atoms with Gasteiger partial charge in [0.25, 0.3) is 0 Å². The SMILES string of the molecule is C1=Cc2cccc3ccnc(c23)C1. The van der Waals surface area contributed by atoms with Gasteiger partial charge in [0.2, 0.25) is 0 Å². The maximum Gasteiger partial charge on any atom is 0.0525 e. The molecule has 0 unspecified atom stereocenters. The summed E-state index contributed by atoms with van der Waals surface area (Å²) >= 11 is 0. The minimum absolute atomic E-state index is 0.967. The lowest BCUT2D eigenvalue weighted by Gasteiger charge is -2.10. The van der Waals surface area contributed by atoms with Crippen LogP contribution in [0.5, 0.6) is 0 Å². The van der Waals surface area contributed by atoms with Gasteiger partial charge in [0.15, 0.2) is 0 Å². The Kier molecular flexibility index (Phi) is 1.28. The molecule has 1 heteroatoms. The molecule has 3 rings (SSSR count). The fourth-order valence-corrected chi connectivity index (χ4v) is 1.92. The van der Waals surface area contributed by atoms with Crippen LogP contribution in [0.25, 0.3) is 16.8 Å². The van der Waals surface area contributed by atoms with Crippen LogP contribution in [0.1, 0.15) is 11.3 Å². The number of pyridine rings is 1. The number of benzene rings is 1. The second kappa shape index (κ2) is 2.43. The molecule has 0 amide bonds. The van der Waals surface area contributed by atoms with Gasteiger partial charge in [-0.05, 0) is 17.0 Å². The summed E-state index contributed by atoms with van der Waals surface area (Å²) in [5.74, 6) is 0. The van der Waals surface area contributed by atoms with Crippen molar-refractivity contribution in [1.82, 2.24) is 4.98 Å². The summed E-state index contributed by atoms with van der Waals surface area (Å²) in [5, 5.41) is 2.62. The molecule has 0 spiro atoms. The highest BCUT2D eigenvalue weighted by atomic mass is 14.7. The maximum absolute atomic E-state index is 4.39. The number of rotatable bonds is 0. The first-order valence-corrected chi connectivity index (χ1v) is 4.48. The molecule has 0 aliphatic heterocycles. The van der Waals surface area contributed by atoms with Gasteiger partial charge in [-0.25, -0.2) is 0 Å². The Balaban J connectivity index is 2.56. The molecule has 1 aliphatic rings. The van der Waals surface area contributed by atoms with E-state index in [-0.39, 0.29) is 0 Å². The van der Waals surface area contributed by atoms with Crippen LogP contribution >= 0.6 is 0 Å². The molecular weight excluding hydrogens is 158 g/mol. The van der Waals surface area contributed by atoms with Gasteiger partial charge < -0.3 is 0 Å². The Bertz CT molecular complexity index is 492. The van der Waals surface area contributed by atoms with Gasteiger partial charge >= 0.3 is 0 Å². The van der Waals surface area contributed by atoms with E-state index in [0.717, 1.165) is 6.42 Å². The third-order valence-corrected chi connectivity index (χ3v) is 2.51. The molecule has 1 nitrogen and oxygen atoms in total. The summed E-state index contributed by atoms with van der Waals surface area (Å²) in [7, 11) is 0. The van der Waals surface area contributed by atoms with Crippen molar-refractivity contribution in [3.8, 4) is 0 Å². The van der Waals surface area contributed by atoms with Crippen molar-refractivity contribution in [2.45, 2.75) is 6.42 Å². The van der Waals surface area contributed by atoms with Crippen LogP contribution in [0, 0.1) is 0 Å². The largest absolute Gasteiger partial charge is 0.260 e. The summed E-state index contributed by atoms with van der Waals surface area (Å²) in [4.78, 5) is 4.39. The summed E-state index contributed by atoms with van der Waals surface area (Å²) < 4.78 is 0. The molecule has 13 heavy (non-hydrogen) atoms. The van der Waals surface area contributed by atoms with Gasteiger partial charge in [-0.1, -0.05) is 30.4 Å². The van der Waals surface area contributed by atoms with Crippen molar-refractivity contribution in [2.75, 3.05) is 0 Å². The van der Waals surface area contributed by atoms with E-state index in [2.05, 4.69) is 41.4 Å². The molecule has 2 aromatic rings. The molecule has 0 saturated heterocycles. The maximum atomic E-state index is 4.39. The normalized spacial score (nSPS) is 13.5. The molecule has 1 aromatic heterocycles. The molecular formula is C12H9N. The Labute approximate surface area is 76.7 Å². The monoisotopic (exact) mass is 167 g/mol. The highest BCUT2D eigenvalue weighted by molar-refractivity contribution is 5.93. The molecule has 0 radical (unpaired) electrons. The van der Waals surface area contributed by atoms with Crippen molar-refractivity contribution in [3.05, 3.63) is 47.8 Å². The third-order valence-electron chi connectivity index (χ3n) is 2.51. The summed E-state index contributed by atoms with van der Waals surface area (Å²) in [6, 6.07) is 8.45. The van der Waals surface area contributed by atoms with Crippen molar-refractivity contribution in [1.29, 1.82) is 0 Å². The van der Waals surface area contributed by atoms with E-state index < -0.39 is 0 Å². The first-order chi connectivity index (χ1) is 6.45. The number of allylic oxidation sites excluding steroid dienone is 1. The van der Waals surface area contributed by atoms with E-state index in [0.29, 0.717) is 0 Å². The molecule has 1 aromatic carbocycles. The van der Waals surface area contributed by atoms with Gasteiger partial charge in [-0.3, -0.25) is 4.98 Å². The van der Waals surface area contributed by atoms with Gasteiger partial charge in [-0.15, -0.1) is 0 Å². The predicted octanol–water partition coefficient (Wildman–Crippen LogP) is 2.80. The number of hydrogen-bond donors (Lipinski definition) is 0. The topological polar surface area (TPSA) is 12.9 Å². The molecule has 1 aliphatic carbocycles. The van der Waals surface area contributed by atoms with E-state index in [1.807, 2.05) is 6.20 Å². The van der Waals surface area contributed by atoms with Crippen LogP contribution in [0.4, 0.5) is 0 Å². The van der Waals surface area contributed by atoms with Crippen LogP contribution in [0.15, 0.2) is 36.5 Å². The minimum Gasteiger partial charge on any atom is -0.260 e. The lowest BCUT2D eigenvalue weighted by Crippen LogP contribution is -1.95. The predicted molar refractivity (Wildman–Crippen MR) is 54.5 cm³/mol. The van der Waals surface area contributed by atoms with Crippen LogP contribution in [-0.2, 0) is 6.42 Å². The van der Waals surface area contributed by atoms with Crippen molar-refractivity contribution in [3.63, 3.8) is 0 Å². The zero-order valence-corrected chi connectivity index (χ0v) is 7.20. The fraction of sp³-hybridized carbons (Fsp3) is 0.0833. The van der Waals surface area contributed by atoms with Crippen molar-refractivity contribution >= 4 is 16.8 Å². The molecule has 0 fully saturated rings. The quantitative estimate of drug-likeness (QED) is 0.588.